The Hall–Kier alpha value is -3.28. The normalized spacial score (nSPS) is 10.3. The summed E-state index contributed by atoms with van der Waals surface area (Å²) in [4.78, 5) is 20.3. The molecule has 0 radical (unpaired) electrons. The summed E-state index contributed by atoms with van der Waals surface area (Å²) in [5.74, 6) is -0.687. The highest BCUT2D eigenvalue weighted by Gasteiger charge is 2.08. The molecule has 0 spiro atoms. The van der Waals surface area contributed by atoms with Gasteiger partial charge >= 0.3 is 0 Å². The summed E-state index contributed by atoms with van der Waals surface area (Å²) >= 11 is 0. The van der Waals surface area contributed by atoms with Crippen LogP contribution in [0.4, 0.5) is 10.1 Å². The zero-order chi connectivity index (χ0) is 17.5. The number of pyridine rings is 2. The molecule has 0 saturated carbocycles. The molecule has 3 rings (SSSR count). The molecule has 0 saturated heterocycles. The van der Waals surface area contributed by atoms with E-state index in [4.69, 9.17) is 0 Å². The van der Waals surface area contributed by atoms with Crippen LogP contribution in [-0.2, 0) is 13.1 Å². The van der Waals surface area contributed by atoms with E-state index in [9.17, 15) is 9.18 Å². The number of nitrogens with one attached hydrogen (secondary N) is 2. The van der Waals surface area contributed by atoms with Crippen molar-refractivity contribution in [1.29, 1.82) is 0 Å². The Kier molecular flexibility index (Phi) is 5.31. The van der Waals surface area contributed by atoms with Crippen molar-refractivity contribution in [3.05, 3.63) is 89.8 Å². The summed E-state index contributed by atoms with van der Waals surface area (Å²) in [6.07, 6.45) is 5.10. The van der Waals surface area contributed by atoms with Crippen LogP contribution in [0.2, 0.25) is 0 Å². The van der Waals surface area contributed by atoms with Gasteiger partial charge in [-0.1, -0.05) is 24.3 Å². The molecule has 2 aromatic heterocycles. The van der Waals surface area contributed by atoms with Crippen molar-refractivity contribution < 1.29 is 9.18 Å². The lowest BCUT2D eigenvalue weighted by molar-refractivity contribution is 0.0945. The van der Waals surface area contributed by atoms with Gasteiger partial charge in [-0.2, -0.15) is 0 Å². The first kappa shape index (κ1) is 16.6. The molecule has 126 valence electrons. The van der Waals surface area contributed by atoms with Crippen molar-refractivity contribution in [3.8, 4) is 0 Å². The number of amides is 1. The Bertz CT molecular complexity index is 838. The third-order valence-corrected chi connectivity index (χ3v) is 3.61. The van der Waals surface area contributed by atoms with Crippen LogP contribution in [0.5, 0.6) is 0 Å². The van der Waals surface area contributed by atoms with Crippen LogP contribution in [0.3, 0.4) is 0 Å². The van der Waals surface area contributed by atoms with Crippen LogP contribution in [0, 0.1) is 5.82 Å². The highest BCUT2D eigenvalue weighted by Crippen LogP contribution is 2.09. The van der Waals surface area contributed by atoms with Crippen molar-refractivity contribution in [2.24, 2.45) is 0 Å². The minimum Gasteiger partial charge on any atom is -0.380 e. The Morgan fingerprint density at radius 2 is 1.88 bits per heavy atom. The average Bonchev–Trinajstić information content (AvgIpc) is 2.67. The van der Waals surface area contributed by atoms with Gasteiger partial charge in [-0.05, 0) is 29.8 Å². The molecule has 0 aliphatic heterocycles. The number of hydrogen-bond acceptors (Lipinski definition) is 4. The summed E-state index contributed by atoms with van der Waals surface area (Å²) in [7, 11) is 0. The Labute approximate surface area is 145 Å². The van der Waals surface area contributed by atoms with E-state index in [1.165, 1.54) is 6.07 Å². The van der Waals surface area contributed by atoms with Gasteiger partial charge in [0.1, 0.15) is 11.5 Å². The van der Waals surface area contributed by atoms with Crippen LogP contribution in [0.15, 0.2) is 67.1 Å². The molecule has 5 nitrogen and oxygen atoms in total. The third-order valence-electron chi connectivity index (χ3n) is 3.61. The smallest absolute Gasteiger partial charge is 0.270 e. The number of hydrogen-bond donors (Lipinski definition) is 2. The van der Waals surface area contributed by atoms with Gasteiger partial charge in [-0.15, -0.1) is 0 Å². The number of rotatable bonds is 6. The Morgan fingerprint density at radius 1 is 1.00 bits per heavy atom. The number of benzene rings is 1. The van der Waals surface area contributed by atoms with Crippen molar-refractivity contribution in [1.82, 2.24) is 15.3 Å². The quantitative estimate of drug-likeness (QED) is 0.726. The zero-order valence-corrected chi connectivity index (χ0v) is 13.4. The second-order valence-electron chi connectivity index (χ2n) is 5.42. The summed E-state index contributed by atoms with van der Waals surface area (Å²) in [5, 5.41) is 5.87. The number of aromatic nitrogens is 2. The molecule has 0 aliphatic rings. The molecule has 2 heterocycles. The van der Waals surface area contributed by atoms with Crippen molar-refractivity contribution in [2.45, 2.75) is 13.1 Å². The molecule has 0 bridgehead atoms. The monoisotopic (exact) mass is 336 g/mol. The highest BCUT2D eigenvalue weighted by molar-refractivity contribution is 5.92. The van der Waals surface area contributed by atoms with Gasteiger partial charge in [0.15, 0.2) is 0 Å². The minimum absolute atomic E-state index is 0.119. The molecule has 0 atom stereocenters. The molecular weight excluding hydrogens is 319 g/mol. The molecule has 0 fully saturated rings. The van der Waals surface area contributed by atoms with Crippen LogP contribution in [0.25, 0.3) is 0 Å². The number of nitrogens with zero attached hydrogens (tertiary/aromatic N) is 2. The topological polar surface area (TPSA) is 66.9 Å². The van der Waals surface area contributed by atoms with Crippen LogP contribution < -0.4 is 10.6 Å². The number of carbonyl (C=O) groups excluding carboxylic acids is 1. The van der Waals surface area contributed by atoms with E-state index in [1.807, 2.05) is 12.1 Å². The van der Waals surface area contributed by atoms with E-state index in [2.05, 4.69) is 20.6 Å². The van der Waals surface area contributed by atoms with Gasteiger partial charge in [0.05, 0.1) is 11.9 Å². The van der Waals surface area contributed by atoms with E-state index in [0.717, 1.165) is 11.3 Å². The standard InChI is InChI=1S/C19H17FN4O/c20-17-6-2-1-5-15(17)12-24-19(25)18-8-7-16(13-23-18)22-11-14-4-3-9-21-10-14/h1-10,13,22H,11-12H2,(H,24,25). The third kappa shape index (κ3) is 4.60. The van der Waals surface area contributed by atoms with Crippen LogP contribution >= 0.6 is 0 Å². The molecule has 3 aromatic rings. The maximum Gasteiger partial charge on any atom is 0.270 e. The second-order valence-corrected chi connectivity index (χ2v) is 5.42. The largest absolute Gasteiger partial charge is 0.380 e. The van der Waals surface area contributed by atoms with E-state index >= 15 is 0 Å². The predicted octanol–water partition coefficient (Wildman–Crippen LogP) is 3.16. The lowest BCUT2D eigenvalue weighted by Gasteiger charge is -2.08. The van der Waals surface area contributed by atoms with Crippen LogP contribution in [0.1, 0.15) is 21.6 Å². The molecule has 2 N–H and O–H groups in total. The average molecular weight is 336 g/mol. The number of carbonyl (C=O) groups is 1. The lowest BCUT2D eigenvalue weighted by atomic mass is 10.2. The van der Waals surface area contributed by atoms with Crippen molar-refractivity contribution in [2.75, 3.05) is 5.32 Å². The van der Waals surface area contributed by atoms with Gasteiger partial charge < -0.3 is 10.6 Å². The fourth-order valence-corrected chi connectivity index (χ4v) is 2.25. The summed E-state index contributed by atoms with van der Waals surface area (Å²) in [6.45, 7) is 0.739. The molecule has 0 aliphatic carbocycles. The Morgan fingerprint density at radius 3 is 2.60 bits per heavy atom. The Balaban J connectivity index is 1.54. The fraction of sp³-hybridized carbons (Fsp3) is 0.105. The summed E-state index contributed by atoms with van der Waals surface area (Å²) in [5.41, 5.74) is 2.57. The molecule has 6 heteroatoms. The fourth-order valence-electron chi connectivity index (χ4n) is 2.25. The number of halogens is 1. The second kappa shape index (κ2) is 8.01. The lowest BCUT2D eigenvalue weighted by Crippen LogP contribution is -2.24. The minimum atomic E-state index is -0.345. The van der Waals surface area contributed by atoms with Gasteiger partial charge in [-0.25, -0.2) is 9.37 Å². The van der Waals surface area contributed by atoms with Crippen LogP contribution in [-0.4, -0.2) is 15.9 Å². The van der Waals surface area contributed by atoms with E-state index in [0.29, 0.717) is 12.1 Å². The predicted molar refractivity (Wildman–Crippen MR) is 93.4 cm³/mol. The molecule has 1 amide bonds. The molecule has 0 unspecified atom stereocenters. The number of anilines is 1. The first-order chi connectivity index (χ1) is 12.2. The van der Waals surface area contributed by atoms with Crippen molar-refractivity contribution in [3.63, 3.8) is 0 Å². The van der Waals surface area contributed by atoms with E-state index in [1.54, 1.807) is 48.9 Å². The summed E-state index contributed by atoms with van der Waals surface area (Å²) in [6, 6.07) is 13.6. The first-order valence-electron chi connectivity index (χ1n) is 7.83. The molecule has 25 heavy (non-hydrogen) atoms. The van der Waals surface area contributed by atoms with Gasteiger partial charge in [0, 0.05) is 31.0 Å². The van der Waals surface area contributed by atoms with Gasteiger partial charge in [0.2, 0.25) is 0 Å². The molecular formula is C19H17FN4O. The SMILES string of the molecule is O=C(NCc1ccccc1F)c1ccc(NCc2cccnc2)cn1. The van der Waals surface area contributed by atoms with E-state index in [-0.39, 0.29) is 24.0 Å². The van der Waals surface area contributed by atoms with Crippen molar-refractivity contribution >= 4 is 11.6 Å². The van der Waals surface area contributed by atoms with E-state index < -0.39 is 0 Å². The highest BCUT2D eigenvalue weighted by atomic mass is 19.1. The first-order valence-corrected chi connectivity index (χ1v) is 7.83. The summed E-state index contributed by atoms with van der Waals surface area (Å²) < 4.78 is 13.5. The van der Waals surface area contributed by atoms with Gasteiger partial charge in [0.25, 0.3) is 5.91 Å². The maximum absolute atomic E-state index is 13.5. The molecule has 1 aromatic carbocycles. The zero-order valence-electron chi connectivity index (χ0n) is 13.4. The van der Waals surface area contributed by atoms with Gasteiger partial charge in [-0.3, -0.25) is 9.78 Å². The maximum atomic E-state index is 13.5.